The van der Waals surface area contributed by atoms with Crippen LogP contribution in [0, 0.1) is 0 Å². The van der Waals surface area contributed by atoms with E-state index in [9.17, 15) is 13.6 Å². The van der Waals surface area contributed by atoms with E-state index in [1.54, 1.807) is 18.3 Å². The van der Waals surface area contributed by atoms with Crippen LogP contribution in [-0.4, -0.2) is 25.4 Å². The molecule has 0 bridgehead atoms. The molecular weight excluding hydrogens is 340 g/mol. The summed E-state index contributed by atoms with van der Waals surface area (Å²) in [5, 5.41) is 3.39. The number of nitrogens with one attached hydrogen (secondary N) is 1. The summed E-state index contributed by atoms with van der Waals surface area (Å²) in [6.07, 6.45) is 3.95. The number of amides is 1. The fraction of sp³-hybridized carbons (Fsp3) is 0.333. The molecule has 0 aliphatic heterocycles. The van der Waals surface area contributed by atoms with Gasteiger partial charge in [-0.3, -0.25) is 4.79 Å². The second-order valence-electron chi connectivity index (χ2n) is 6.23. The zero-order valence-electron chi connectivity index (χ0n) is 15.0. The predicted molar refractivity (Wildman–Crippen MR) is 95.0 cm³/mol. The zero-order valence-corrected chi connectivity index (χ0v) is 15.0. The first kappa shape index (κ1) is 17.9. The van der Waals surface area contributed by atoms with Gasteiger partial charge in [0.1, 0.15) is 5.82 Å². The molecule has 26 heavy (non-hydrogen) atoms. The number of carbonyl (C=O) groups is 1. The molecule has 3 rings (SSSR count). The van der Waals surface area contributed by atoms with E-state index in [0.717, 1.165) is 17.8 Å². The third-order valence-electron chi connectivity index (χ3n) is 3.99. The summed E-state index contributed by atoms with van der Waals surface area (Å²) >= 11 is 0. The van der Waals surface area contributed by atoms with Crippen LogP contribution in [-0.2, 0) is 24.2 Å². The second kappa shape index (κ2) is 6.44. The molecule has 0 saturated carbocycles. The average molecular weight is 359 g/mol. The molecule has 136 valence electrons. The van der Waals surface area contributed by atoms with Crippen LogP contribution in [0.5, 0.6) is 0 Å². The molecule has 0 fully saturated rings. The molecule has 0 aromatic carbocycles. The summed E-state index contributed by atoms with van der Waals surface area (Å²) < 4.78 is 29.5. The molecule has 1 amide bonds. The van der Waals surface area contributed by atoms with E-state index in [-0.39, 0.29) is 5.91 Å². The van der Waals surface area contributed by atoms with E-state index in [2.05, 4.69) is 20.3 Å². The van der Waals surface area contributed by atoms with E-state index in [1.807, 2.05) is 24.7 Å². The van der Waals surface area contributed by atoms with Gasteiger partial charge in [0.15, 0.2) is 5.82 Å². The first-order chi connectivity index (χ1) is 12.2. The lowest BCUT2D eigenvalue weighted by Crippen LogP contribution is -2.14. The molecule has 3 aromatic rings. The standard InChI is InChI=1S/C18H19F2N5O/c1-5-11-6-14(24-17(23-11)18(3,19)20)13-9-25(4)15-8-21-16(7-12(13)15)22-10(2)26/h6-9H,5H2,1-4H3,(H,21,22,26). The third-order valence-corrected chi connectivity index (χ3v) is 3.99. The van der Waals surface area contributed by atoms with Crippen molar-refractivity contribution in [3.8, 4) is 11.3 Å². The monoisotopic (exact) mass is 359 g/mol. The summed E-state index contributed by atoms with van der Waals surface area (Å²) in [5.74, 6) is -3.48. The number of fused-ring (bicyclic) bond motifs is 1. The summed E-state index contributed by atoms with van der Waals surface area (Å²) in [6, 6.07) is 3.42. The highest BCUT2D eigenvalue weighted by molar-refractivity contribution is 5.98. The van der Waals surface area contributed by atoms with Crippen LogP contribution in [0.4, 0.5) is 14.6 Å². The Morgan fingerprint density at radius 1 is 1.31 bits per heavy atom. The molecular formula is C18H19F2N5O. The largest absolute Gasteiger partial charge is 0.349 e. The van der Waals surface area contributed by atoms with Gasteiger partial charge in [0.25, 0.3) is 0 Å². The van der Waals surface area contributed by atoms with E-state index in [1.165, 1.54) is 6.92 Å². The lowest BCUT2D eigenvalue weighted by Gasteiger charge is -2.12. The summed E-state index contributed by atoms with van der Waals surface area (Å²) in [5.41, 5.74) is 2.44. The molecule has 0 spiro atoms. The van der Waals surface area contributed by atoms with Crippen LogP contribution >= 0.6 is 0 Å². The Morgan fingerprint density at radius 2 is 2.04 bits per heavy atom. The molecule has 3 aromatic heterocycles. The Hall–Kier alpha value is -2.90. The molecule has 6 nitrogen and oxygen atoms in total. The Bertz CT molecular complexity index is 991. The lowest BCUT2D eigenvalue weighted by atomic mass is 10.1. The van der Waals surface area contributed by atoms with Crippen molar-refractivity contribution in [2.75, 3.05) is 5.32 Å². The van der Waals surface area contributed by atoms with Crippen molar-refractivity contribution >= 4 is 22.6 Å². The van der Waals surface area contributed by atoms with Crippen LogP contribution in [0.15, 0.2) is 24.5 Å². The number of rotatable bonds is 4. The zero-order chi connectivity index (χ0) is 19.1. The van der Waals surface area contributed by atoms with Crippen molar-refractivity contribution in [3.05, 3.63) is 36.0 Å². The van der Waals surface area contributed by atoms with Gasteiger partial charge in [-0.2, -0.15) is 8.78 Å². The van der Waals surface area contributed by atoms with Gasteiger partial charge < -0.3 is 9.88 Å². The average Bonchev–Trinajstić information content (AvgIpc) is 2.89. The minimum Gasteiger partial charge on any atom is -0.349 e. The number of halogens is 2. The Balaban J connectivity index is 2.23. The predicted octanol–water partition coefficient (Wildman–Crippen LogP) is 3.66. The highest BCUT2D eigenvalue weighted by Crippen LogP contribution is 2.32. The van der Waals surface area contributed by atoms with Crippen LogP contribution in [0.3, 0.4) is 0 Å². The number of aromatic nitrogens is 4. The van der Waals surface area contributed by atoms with Gasteiger partial charge in [-0.25, -0.2) is 15.0 Å². The van der Waals surface area contributed by atoms with E-state index < -0.39 is 11.7 Å². The summed E-state index contributed by atoms with van der Waals surface area (Å²) in [6.45, 7) is 4.03. The van der Waals surface area contributed by atoms with E-state index in [4.69, 9.17) is 0 Å². The molecule has 8 heteroatoms. The van der Waals surface area contributed by atoms with Crippen molar-refractivity contribution in [2.45, 2.75) is 33.1 Å². The van der Waals surface area contributed by atoms with E-state index >= 15 is 0 Å². The maximum atomic E-state index is 13.8. The minimum absolute atomic E-state index is 0.238. The fourth-order valence-corrected chi connectivity index (χ4v) is 2.74. The molecule has 0 aliphatic carbocycles. The number of aryl methyl sites for hydroxylation is 2. The molecule has 0 radical (unpaired) electrons. The van der Waals surface area contributed by atoms with Gasteiger partial charge in [-0.15, -0.1) is 0 Å². The van der Waals surface area contributed by atoms with Gasteiger partial charge in [0.2, 0.25) is 5.91 Å². The SMILES string of the molecule is CCc1cc(-c2cn(C)c3cnc(NC(C)=O)cc23)nc(C(C)(F)F)n1. The highest BCUT2D eigenvalue weighted by atomic mass is 19.3. The van der Waals surface area contributed by atoms with Crippen LogP contribution in [0.1, 0.15) is 32.3 Å². The van der Waals surface area contributed by atoms with Crippen molar-refractivity contribution < 1.29 is 13.6 Å². The van der Waals surface area contributed by atoms with Gasteiger partial charge in [-0.1, -0.05) is 6.92 Å². The molecule has 0 aliphatic rings. The number of anilines is 1. The quantitative estimate of drug-likeness (QED) is 0.771. The Kier molecular flexibility index (Phi) is 4.43. The summed E-state index contributed by atoms with van der Waals surface area (Å²) in [4.78, 5) is 23.5. The molecule has 0 atom stereocenters. The second-order valence-corrected chi connectivity index (χ2v) is 6.23. The molecule has 0 unspecified atom stereocenters. The van der Waals surface area contributed by atoms with Gasteiger partial charge >= 0.3 is 5.92 Å². The normalized spacial score (nSPS) is 11.8. The number of carbonyl (C=O) groups excluding carboxylic acids is 1. The number of pyridine rings is 1. The van der Waals surface area contributed by atoms with Crippen LogP contribution in [0.2, 0.25) is 0 Å². The van der Waals surface area contributed by atoms with Gasteiger partial charge in [0.05, 0.1) is 17.4 Å². The molecule has 1 N–H and O–H groups in total. The topological polar surface area (TPSA) is 72.7 Å². The molecule has 3 heterocycles. The highest BCUT2D eigenvalue weighted by Gasteiger charge is 2.29. The van der Waals surface area contributed by atoms with Crippen LogP contribution in [0.25, 0.3) is 22.2 Å². The first-order valence-electron chi connectivity index (χ1n) is 8.18. The fourth-order valence-electron chi connectivity index (χ4n) is 2.74. The van der Waals surface area contributed by atoms with Gasteiger partial charge in [0, 0.05) is 43.7 Å². The lowest BCUT2D eigenvalue weighted by molar-refractivity contribution is -0.114. The third kappa shape index (κ3) is 3.40. The Labute approximate surface area is 149 Å². The van der Waals surface area contributed by atoms with Gasteiger partial charge in [-0.05, 0) is 18.6 Å². The molecule has 0 saturated heterocycles. The van der Waals surface area contributed by atoms with Crippen molar-refractivity contribution in [1.29, 1.82) is 0 Å². The Morgan fingerprint density at radius 3 is 2.65 bits per heavy atom. The minimum atomic E-state index is -3.13. The van der Waals surface area contributed by atoms with Crippen molar-refractivity contribution in [1.82, 2.24) is 19.5 Å². The number of nitrogens with zero attached hydrogens (tertiary/aromatic N) is 4. The van der Waals surface area contributed by atoms with Crippen molar-refractivity contribution in [2.24, 2.45) is 7.05 Å². The maximum Gasteiger partial charge on any atom is 0.303 e. The number of hydrogen-bond donors (Lipinski definition) is 1. The van der Waals surface area contributed by atoms with Crippen molar-refractivity contribution in [3.63, 3.8) is 0 Å². The maximum absolute atomic E-state index is 13.8. The first-order valence-corrected chi connectivity index (χ1v) is 8.18. The van der Waals surface area contributed by atoms with E-state index in [0.29, 0.717) is 29.2 Å². The smallest absolute Gasteiger partial charge is 0.303 e. The summed E-state index contributed by atoms with van der Waals surface area (Å²) in [7, 11) is 1.84. The number of hydrogen-bond acceptors (Lipinski definition) is 4. The number of alkyl halides is 2. The van der Waals surface area contributed by atoms with Crippen LogP contribution < -0.4 is 5.32 Å².